The average molecular weight is 140 g/mol. The summed E-state index contributed by atoms with van der Waals surface area (Å²) >= 11 is 0. The minimum absolute atomic E-state index is 0.560. The molecule has 0 heterocycles. The molecule has 2 atom stereocenters. The Hall–Kier alpha value is 0. The first kappa shape index (κ1) is 8.10. The van der Waals surface area contributed by atoms with Gasteiger partial charge in [0.25, 0.3) is 0 Å². The molecule has 0 spiro atoms. The number of hydrogen-bond acceptors (Lipinski definition) is 0. The van der Waals surface area contributed by atoms with E-state index in [9.17, 15) is 0 Å². The van der Waals surface area contributed by atoms with E-state index in [1.807, 2.05) is 0 Å². The van der Waals surface area contributed by atoms with Crippen molar-refractivity contribution in [2.24, 2.45) is 17.3 Å². The van der Waals surface area contributed by atoms with Crippen LogP contribution >= 0.6 is 0 Å². The lowest BCUT2D eigenvalue weighted by Crippen LogP contribution is -2.17. The first-order valence-corrected chi connectivity index (χ1v) is 4.50. The molecular weight excluding hydrogens is 120 g/mol. The zero-order chi connectivity index (χ0) is 7.78. The Morgan fingerprint density at radius 1 is 1.10 bits per heavy atom. The summed E-state index contributed by atoms with van der Waals surface area (Å²) < 4.78 is 0. The van der Waals surface area contributed by atoms with Crippen molar-refractivity contribution in [2.75, 3.05) is 0 Å². The predicted octanol–water partition coefficient (Wildman–Crippen LogP) is 3.47. The van der Waals surface area contributed by atoms with Crippen LogP contribution in [-0.4, -0.2) is 0 Å². The molecule has 0 saturated heterocycles. The molecule has 0 aromatic carbocycles. The molecule has 0 N–H and O–H groups in total. The van der Waals surface area contributed by atoms with E-state index in [4.69, 9.17) is 0 Å². The van der Waals surface area contributed by atoms with Gasteiger partial charge in [-0.2, -0.15) is 0 Å². The Kier molecular flexibility index (Phi) is 2.07. The molecule has 0 bridgehead atoms. The van der Waals surface area contributed by atoms with Crippen LogP contribution in [0.1, 0.15) is 47.0 Å². The minimum Gasteiger partial charge on any atom is -0.0625 e. The number of rotatable bonds is 0. The lowest BCUT2D eigenvalue weighted by atomic mass is 9.79. The van der Waals surface area contributed by atoms with E-state index in [1.165, 1.54) is 19.3 Å². The van der Waals surface area contributed by atoms with Gasteiger partial charge >= 0.3 is 0 Å². The summed E-state index contributed by atoms with van der Waals surface area (Å²) in [5, 5.41) is 0. The molecule has 1 rings (SSSR count). The highest BCUT2D eigenvalue weighted by molar-refractivity contribution is 4.81. The summed E-state index contributed by atoms with van der Waals surface area (Å²) in [6, 6.07) is 0. The monoisotopic (exact) mass is 140 g/mol. The van der Waals surface area contributed by atoms with Gasteiger partial charge < -0.3 is 0 Å². The van der Waals surface area contributed by atoms with Crippen LogP contribution in [0.4, 0.5) is 0 Å². The third-order valence-corrected chi connectivity index (χ3v) is 2.92. The second kappa shape index (κ2) is 2.56. The van der Waals surface area contributed by atoms with Gasteiger partial charge in [-0.05, 0) is 30.1 Å². The van der Waals surface area contributed by atoms with Gasteiger partial charge in [0.15, 0.2) is 0 Å². The fraction of sp³-hybridized carbons (Fsp3) is 1.00. The van der Waals surface area contributed by atoms with Crippen LogP contribution in [-0.2, 0) is 0 Å². The van der Waals surface area contributed by atoms with Crippen molar-refractivity contribution in [2.45, 2.75) is 47.0 Å². The number of hydrogen-bond donors (Lipinski definition) is 0. The summed E-state index contributed by atoms with van der Waals surface area (Å²) in [6.45, 7) is 9.49. The van der Waals surface area contributed by atoms with Crippen molar-refractivity contribution >= 4 is 0 Å². The Morgan fingerprint density at radius 3 is 1.90 bits per heavy atom. The lowest BCUT2D eigenvalue weighted by molar-refractivity contribution is 0.240. The van der Waals surface area contributed by atoms with E-state index < -0.39 is 0 Å². The maximum Gasteiger partial charge on any atom is -0.0354 e. The molecule has 0 aromatic heterocycles. The molecule has 10 heavy (non-hydrogen) atoms. The zero-order valence-electron chi connectivity index (χ0n) is 7.78. The highest BCUT2D eigenvalue weighted by Crippen LogP contribution is 2.41. The Morgan fingerprint density at radius 2 is 1.70 bits per heavy atom. The second-order valence-corrected chi connectivity index (χ2v) is 4.98. The Labute approximate surface area is 65.0 Å². The van der Waals surface area contributed by atoms with Crippen LogP contribution in [0, 0.1) is 17.3 Å². The predicted molar refractivity (Wildman–Crippen MR) is 46.0 cm³/mol. The summed E-state index contributed by atoms with van der Waals surface area (Å²) in [4.78, 5) is 0. The summed E-state index contributed by atoms with van der Waals surface area (Å²) in [5.41, 5.74) is 0.560. The van der Waals surface area contributed by atoms with Crippen LogP contribution in [0.5, 0.6) is 0 Å². The molecule has 1 saturated carbocycles. The van der Waals surface area contributed by atoms with E-state index >= 15 is 0 Å². The van der Waals surface area contributed by atoms with Crippen LogP contribution in [0.3, 0.4) is 0 Å². The molecule has 0 aromatic rings. The largest absolute Gasteiger partial charge is 0.0625 e. The smallest absolute Gasteiger partial charge is 0.0354 e. The molecule has 0 heteroatoms. The van der Waals surface area contributed by atoms with Crippen molar-refractivity contribution in [1.29, 1.82) is 0 Å². The fourth-order valence-corrected chi connectivity index (χ4v) is 1.99. The first-order valence-electron chi connectivity index (χ1n) is 4.50. The van der Waals surface area contributed by atoms with Crippen LogP contribution in [0.25, 0.3) is 0 Å². The molecule has 1 aliphatic carbocycles. The maximum atomic E-state index is 2.38. The molecule has 1 unspecified atom stereocenters. The van der Waals surface area contributed by atoms with Gasteiger partial charge in [0.1, 0.15) is 0 Å². The SMILES string of the molecule is C[C@@H]1CCC(C(C)(C)C)C1. The Balaban J connectivity index is 2.45. The van der Waals surface area contributed by atoms with E-state index in [0.717, 1.165) is 11.8 Å². The molecular formula is C10H20. The van der Waals surface area contributed by atoms with Crippen molar-refractivity contribution in [3.63, 3.8) is 0 Å². The van der Waals surface area contributed by atoms with Crippen molar-refractivity contribution in [3.8, 4) is 0 Å². The first-order chi connectivity index (χ1) is 4.50. The molecule has 0 nitrogen and oxygen atoms in total. The highest BCUT2D eigenvalue weighted by Gasteiger charge is 2.30. The molecule has 0 amide bonds. The molecule has 0 aliphatic heterocycles. The highest BCUT2D eigenvalue weighted by atomic mass is 14.4. The second-order valence-electron chi connectivity index (χ2n) is 4.98. The summed E-state index contributed by atoms with van der Waals surface area (Å²) in [7, 11) is 0. The lowest BCUT2D eigenvalue weighted by Gasteiger charge is -2.26. The quantitative estimate of drug-likeness (QED) is 0.483. The summed E-state index contributed by atoms with van der Waals surface area (Å²) in [6.07, 6.45) is 4.39. The third-order valence-electron chi connectivity index (χ3n) is 2.92. The van der Waals surface area contributed by atoms with Gasteiger partial charge in [0.05, 0.1) is 0 Å². The van der Waals surface area contributed by atoms with Crippen molar-refractivity contribution in [1.82, 2.24) is 0 Å². The van der Waals surface area contributed by atoms with Gasteiger partial charge in [0, 0.05) is 0 Å². The third kappa shape index (κ3) is 1.74. The van der Waals surface area contributed by atoms with Crippen molar-refractivity contribution < 1.29 is 0 Å². The molecule has 1 aliphatic rings. The standard InChI is InChI=1S/C10H20/c1-8-5-6-9(7-8)10(2,3)4/h8-9H,5-7H2,1-4H3/t8-,9?/m1/s1. The topological polar surface area (TPSA) is 0 Å². The normalized spacial score (nSPS) is 34.8. The Bertz CT molecular complexity index is 108. The van der Waals surface area contributed by atoms with E-state index in [1.54, 1.807) is 0 Å². The molecule has 60 valence electrons. The maximum absolute atomic E-state index is 2.38. The van der Waals surface area contributed by atoms with Crippen LogP contribution in [0.15, 0.2) is 0 Å². The molecule has 1 fully saturated rings. The van der Waals surface area contributed by atoms with Gasteiger partial charge in [-0.3, -0.25) is 0 Å². The van der Waals surface area contributed by atoms with Gasteiger partial charge in [0.2, 0.25) is 0 Å². The van der Waals surface area contributed by atoms with Crippen LogP contribution in [0.2, 0.25) is 0 Å². The van der Waals surface area contributed by atoms with E-state index in [-0.39, 0.29) is 0 Å². The van der Waals surface area contributed by atoms with E-state index in [0.29, 0.717) is 5.41 Å². The van der Waals surface area contributed by atoms with Gasteiger partial charge in [-0.1, -0.05) is 34.1 Å². The van der Waals surface area contributed by atoms with Crippen molar-refractivity contribution in [3.05, 3.63) is 0 Å². The average Bonchev–Trinajstić information content (AvgIpc) is 2.11. The minimum atomic E-state index is 0.560. The fourth-order valence-electron chi connectivity index (χ4n) is 1.99. The molecule has 0 radical (unpaired) electrons. The zero-order valence-corrected chi connectivity index (χ0v) is 7.78. The van der Waals surface area contributed by atoms with Gasteiger partial charge in [-0.25, -0.2) is 0 Å². The van der Waals surface area contributed by atoms with Gasteiger partial charge in [-0.15, -0.1) is 0 Å². The van der Waals surface area contributed by atoms with Crippen LogP contribution < -0.4 is 0 Å². The summed E-state index contributed by atoms with van der Waals surface area (Å²) in [5.74, 6) is 1.98. The van der Waals surface area contributed by atoms with E-state index in [2.05, 4.69) is 27.7 Å².